The molecule has 72 valence electrons. The smallest absolute Gasteiger partial charge is 0.166 e. The molecule has 0 atom stereocenters. The first-order chi connectivity index (χ1) is 5.91. The second-order valence-electron chi connectivity index (χ2n) is 2.46. The summed E-state index contributed by atoms with van der Waals surface area (Å²) in [7, 11) is 0. The molecule has 0 nitrogen and oxygen atoms in total. The quantitative estimate of drug-likeness (QED) is 0.583. The fourth-order valence-corrected chi connectivity index (χ4v) is 1.92. The lowest BCUT2D eigenvalue weighted by atomic mass is 10.2. The van der Waals surface area contributed by atoms with Gasteiger partial charge in [0.05, 0.1) is 10.6 Å². The Morgan fingerprint density at radius 1 is 1.38 bits per heavy atom. The van der Waals surface area contributed by atoms with E-state index in [0.29, 0.717) is 6.42 Å². The first kappa shape index (κ1) is 11.1. The highest BCUT2D eigenvalue weighted by Gasteiger charge is 2.34. The molecule has 0 aliphatic heterocycles. The molecule has 0 fully saturated rings. The van der Waals surface area contributed by atoms with Crippen LogP contribution < -0.4 is 0 Å². The van der Waals surface area contributed by atoms with Crippen molar-refractivity contribution in [2.75, 3.05) is 0 Å². The van der Waals surface area contributed by atoms with Crippen LogP contribution in [0, 0.1) is 0 Å². The van der Waals surface area contributed by atoms with E-state index in [9.17, 15) is 13.2 Å². The zero-order chi connectivity index (χ0) is 10.1. The van der Waals surface area contributed by atoms with Gasteiger partial charge in [-0.1, -0.05) is 23.8 Å². The van der Waals surface area contributed by atoms with Crippen molar-refractivity contribution in [1.82, 2.24) is 0 Å². The molecule has 5 heteroatoms. The summed E-state index contributed by atoms with van der Waals surface area (Å²) in [4.78, 5) is 0. The Hall–Kier alpha value is 0.0300. The van der Waals surface area contributed by atoms with Crippen molar-refractivity contribution in [3.8, 4) is 0 Å². The molecular weight excluding hydrogens is 315 g/mol. The topological polar surface area (TPSA) is 0 Å². The number of hydrogen-bond donors (Lipinski definition) is 0. The Kier molecular flexibility index (Phi) is 3.45. The van der Waals surface area contributed by atoms with Crippen molar-refractivity contribution < 1.29 is 13.2 Å². The van der Waals surface area contributed by atoms with E-state index in [1.807, 2.05) is 22.6 Å². The summed E-state index contributed by atoms with van der Waals surface area (Å²) in [6.07, 6.45) is -0.0619. The molecule has 0 N–H and O–H groups in total. The molecule has 0 radical (unpaired) electrons. The lowest BCUT2D eigenvalue weighted by Crippen LogP contribution is -2.10. The van der Waals surface area contributed by atoms with E-state index in [2.05, 4.69) is 0 Å². The monoisotopic (exact) mass is 320 g/mol. The minimum Gasteiger partial charge on any atom is -0.166 e. The zero-order valence-corrected chi connectivity index (χ0v) is 9.24. The summed E-state index contributed by atoms with van der Waals surface area (Å²) in [5.74, 6) is 0. The van der Waals surface area contributed by atoms with E-state index >= 15 is 0 Å². The lowest BCUT2D eigenvalue weighted by Gasteiger charge is -2.07. The molecule has 1 aliphatic rings. The fourth-order valence-electron chi connectivity index (χ4n) is 0.873. The Morgan fingerprint density at radius 3 is 2.54 bits per heavy atom. The predicted octanol–water partition coefficient (Wildman–Crippen LogP) is 4.32. The van der Waals surface area contributed by atoms with Crippen molar-refractivity contribution in [2.45, 2.75) is 12.6 Å². The molecular formula is C8H5ClF3I. The Bertz CT molecular complexity index is 299. The number of rotatable bonds is 0. The molecule has 1 aliphatic carbocycles. The van der Waals surface area contributed by atoms with Crippen molar-refractivity contribution in [3.63, 3.8) is 0 Å². The maximum atomic E-state index is 12.3. The van der Waals surface area contributed by atoms with Crippen LogP contribution in [-0.2, 0) is 0 Å². The molecule has 1 rings (SSSR count). The van der Waals surface area contributed by atoms with Crippen LogP contribution in [0.4, 0.5) is 13.2 Å². The van der Waals surface area contributed by atoms with Gasteiger partial charge in [-0.05, 0) is 38.7 Å². The van der Waals surface area contributed by atoms with Crippen LogP contribution >= 0.6 is 34.2 Å². The van der Waals surface area contributed by atoms with Gasteiger partial charge in [-0.2, -0.15) is 13.2 Å². The Labute approximate surface area is 92.3 Å². The molecule has 0 spiro atoms. The Balaban J connectivity index is 3.14. The van der Waals surface area contributed by atoms with Crippen LogP contribution in [0.2, 0.25) is 0 Å². The van der Waals surface area contributed by atoms with E-state index in [1.54, 1.807) is 0 Å². The van der Waals surface area contributed by atoms with Crippen molar-refractivity contribution in [3.05, 3.63) is 32.4 Å². The highest BCUT2D eigenvalue weighted by atomic mass is 127. The van der Waals surface area contributed by atoms with Gasteiger partial charge in [-0.25, -0.2) is 0 Å². The van der Waals surface area contributed by atoms with Crippen LogP contribution in [0.1, 0.15) is 6.42 Å². The van der Waals surface area contributed by atoms with Crippen molar-refractivity contribution >= 4 is 34.2 Å². The number of hydrogen-bond acceptors (Lipinski definition) is 0. The second-order valence-corrected chi connectivity index (χ2v) is 4.25. The van der Waals surface area contributed by atoms with E-state index in [-0.39, 0.29) is 5.03 Å². The van der Waals surface area contributed by atoms with Crippen LogP contribution in [0.3, 0.4) is 0 Å². The summed E-state index contributed by atoms with van der Waals surface area (Å²) in [5.41, 5.74) is -0.777. The molecule has 0 aromatic rings. The number of alkyl halides is 3. The van der Waals surface area contributed by atoms with Crippen LogP contribution in [0.25, 0.3) is 0 Å². The van der Waals surface area contributed by atoms with Gasteiger partial charge in [-0.15, -0.1) is 0 Å². The third-order valence-electron chi connectivity index (χ3n) is 1.44. The average molecular weight is 320 g/mol. The first-order valence-electron chi connectivity index (χ1n) is 3.41. The zero-order valence-electron chi connectivity index (χ0n) is 6.33. The summed E-state index contributed by atoms with van der Waals surface area (Å²) >= 11 is 7.45. The molecule has 13 heavy (non-hydrogen) atoms. The standard InChI is InChI=1S/C8H5ClF3I/c9-7-4-5(13)2-1-3-6(7)8(10,11)12/h1,3-4H,2H2. The molecule has 0 amide bonds. The predicted molar refractivity (Wildman–Crippen MR) is 54.8 cm³/mol. The van der Waals surface area contributed by atoms with Crippen molar-refractivity contribution in [1.29, 1.82) is 0 Å². The van der Waals surface area contributed by atoms with Gasteiger partial charge in [0.15, 0.2) is 0 Å². The molecule has 0 bridgehead atoms. The maximum absolute atomic E-state index is 12.3. The van der Waals surface area contributed by atoms with Gasteiger partial charge < -0.3 is 0 Å². The molecule has 0 saturated heterocycles. The minimum atomic E-state index is -4.37. The average Bonchev–Trinajstić information content (AvgIpc) is 2.08. The van der Waals surface area contributed by atoms with Crippen LogP contribution in [-0.4, -0.2) is 6.18 Å². The summed E-state index contributed by atoms with van der Waals surface area (Å²) in [6.45, 7) is 0. The summed E-state index contributed by atoms with van der Waals surface area (Å²) in [6, 6.07) is 0. The molecule has 0 aromatic carbocycles. The van der Waals surface area contributed by atoms with E-state index < -0.39 is 11.7 Å². The number of halogens is 5. The van der Waals surface area contributed by atoms with Gasteiger partial charge in [0.2, 0.25) is 0 Å². The number of allylic oxidation sites excluding steroid dienone is 6. The van der Waals surface area contributed by atoms with Crippen LogP contribution in [0.5, 0.6) is 0 Å². The molecule has 0 heterocycles. The third kappa shape index (κ3) is 3.02. The SMILES string of the molecule is FC(F)(F)C1=C(Cl)C=C(I)CC=C1. The minimum absolute atomic E-state index is 0.245. The van der Waals surface area contributed by atoms with Crippen molar-refractivity contribution in [2.24, 2.45) is 0 Å². The van der Waals surface area contributed by atoms with E-state index in [0.717, 1.165) is 9.66 Å². The Morgan fingerprint density at radius 2 is 2.00 bits per heavy atom. The second kappa shape index (κ2) is 4.04. The maximum Gasteiger partial charge on any atom is 0.417 e. The summed E-state index contributed by atoms with van der Waals surface area (Å²) < 4.78 is 37.6. The largest absolute Gasteiger partial charge is 0.417 e. The van der Waals surface area contributed by atoms with E-state index in [4.69, 9.17) is 11.6 Å². The van der Waals surface area contributed by atoms with Gasteiger partial charge in [0.1, 0.15) is 0 Å². The fraction of sp³-hybridized carbons (Fsp3) is 0.250. The highest BCUT2D eigenvalue weighted by Crippen LogP contribution is 2.34. The molecule has 0 saturated carbocycles. The van der Waals surface area contributed by atoms with Gasteiger partial charge >= 0.3 is 6.18 Å². The summed E-state index contributed by atoms with van der Waals surface area (Å²) in [5, 5.41) is -0.245. The molecule has 0 aromatic heterocycles. The first-order valence-corrected chi connectivity index (χ1v) is 4.86. The van der Waals surface area contributed by atoms with Gasteiger partial charge in [0.25, 0.3) is 0 Å². The van der Waals surface area contributed by atoms with Gasteiger partial charge in [0, 0.05) is 0 Å². The molecule has 0 unspecified atom stereocenters. The third-order valence-corrected chi connectivity index (χ3v) is 2.51. The lowest BCUT2D eigenvalue weighted by molar-refractivity contribution is -0.0884. The normalized spacial score (nSPS) is 18.7. The van der Waals surface area contributed by atoms with E-state index in [1.165, 1.54) is 12.2 Å². The van der Waals surface area contributed by atoms with Gasteiger partial charge in [-0.3, -0.25) is 0 Å². The van der Waals surface area contributed by atoms with Crippen LogP contribution in [0.15, 0.2) is 32.4 Å². The highest BCUT2D eigenvalue weighted by molar-refractivity contribution is 14.1.